The number of hydrogen-bond acceptors (Lipinski definition) is 5. The normalized spacial score (nSPS) is 24.7. The molecule has 2 aliphatic rings. The van der Waals surface area contributed by atoms with Crippen LogP contribution in [-0.4, -0.2) is 47.7 Å². The fraction of sp³-hybridized carbons (Fsp3) is 0.700. The maximum atomic E-state index is 11.4. The zero-order chi connectivity index (χ0) is 19.4. The quantitative estimate of drug-likeness (QED) is 0.554. The zero-order valence-electron chi connectivity index (χ0n) is 16.2. The molecule has 1 aliphatic heterocycles. The summed E-state index contributed by atoms with van der Waals surface area (Å²) in [5, 5.41) is 15.3. The Morgan fingerprint density at radius 3 is 2.48 bits per heavy atom. The van der Waals surface area contributed by atoms with Gasteiger partial charge < -0.3 is 15.0 Å². The van der Waals surface area contributed by atoms with Crippen LogP contribution in [-0.2, 0) is 4.74 Å². The summed E-state index contributed by atoms with van der Waals surface area (Å²) in [7, 11) is 0. The smallest absolute Gasteiger partial charge is 0.292 e. The van der Waals surface area contributed by atoms with E-state index in [1.165, 1.54) is 12.8 Å². The first-order valence-corrected chi connectivity index (χ1v) is 10.4. The number of anilines is 1. The van der Waals surface area contributed by atoms with Gasteiger partial charge in [0.2, 0.25) is 0 Å². The van der Waals surface area contributed by atoms with Crippen LogP contribution >= 0.6 is 11.6 Å². The van der Waals surface area contributed by atoms with E-state index in [0.717, 1.165) is 50.9 Å². The van der Waals surface area contributed by atoms with Gasteiger partial charge in [0, 0.05) is 42.9 Å². The van der Waals surface area contributed by atoms with Crippen molar-refractivity contribution in [2.75, 3.05) is 25.0 Å². The van der Waals surface area contributed by atoms with Crippen molar-refractivity contribution in [3.63, 3.8) is 0 Å². The molecule has 27 heavy (non-hydrogen) atoms. The second-order valence-electron chi connectivity index (χ2n) is 7.72. The summed E-state index contributed by atoms with van der Waals surface area (Å²) in [4.78, 5) is 13.6. The van der Waals surface area contributed by atoms with Crippen molar-refractivity contribution in [3.05, 3.63) is 32.8 Å². The van der Waals surface area contributed by atoms with Crippen molar-refractivity contribution in [2.45, 2.75) is 70.6 Å². The first-order chi connectivity index (χ1) is 13.0. The number of piperidine rings is 1. The van der Waals surface area contributed by atoms with Gasteiger partial charge in [-0.15, -0.1) is 0 Å². The van der Waals surface area contributed by atoms with Gasteiger partial charge in [-0.05, 0) is 64.0 Å². The monoisotopic (exact) mass is 395 g/mol. The summed E-state index contributed by atoms with van der Waals surface area (Å²) in [6.45, 7) is 6.74. The first kappa shape index (κ1) is 20.4. The highest BCUT2D eigenvalue weighted by molar-refractivity contribution is 6.31. The summed E-state index contributed by atoms with van der Waals surface area (Å²) in [5.41, 5.74) is 1.37. The lowest BCUT2D eigenvalue weighted by molar-refractivity contribution is -0.384. The molecule has 3 rings (SSSR count). The number of nitrogens with one attached hydrogen (secondary N) is 1. The van der Waals surface area contributed by atoms with Crippen LogP contribution in [0.5, 0.6) is 0 Å². The highest BCUT2D eigenvalue weighted by atomic mass is 35.5. The molecule has 150 valence electrons. The first-order valence-electron chi connectivity index (χ1n) is 10.0. The predicted octanol–water partition coefficient (Wildman–Crippen LogP) is 4.78. The Labute approximate surface area is 166 Å². The standard InChI is InChI=1S/C20H30ClN3O3/c1-3-27-17-6-4-16(5-7-17)23-10-8-15(9-11-23)22-19-13-18(21)14(2)12-20(19)24(25)26/h12-13,15-17,22H,3-11H2,1-2H3/t16-,17-. The molecule has 7 heteroatoms. The molecule has 2 fully saturated rings. The number of nitro groups is 1. The molecular formula is C20H30ClN3O3. The molecule has 1 saturated carbocycles. The summed E-state index contributed by atoms with van der Waals surface area (Å²) >= 11 is 6.19. The van der Waals surface area contributed by atoms with Crippen molar-refractivity contribution in [1.29, 1.82) is 0 Å². The number of ether oxygens (including phenoxy) is 1. The van der Waals surface area contributed by atoms with E-state index in [2.05, 4.69) is 17.1 Å². The molecule has 6 nitrogen and oxygen atoms in total. The fourth-order valence-electron chi connectivity index (χ4n) is 4.37. The van der Waals surface area contributed by atoms with E-state index >= 15 is 0 Å². The maximum absolute atomic E-state index is 11.4. The maximum Gasteiger partial charge on any atom is 0.292 e. The molecule has 1 heterocycles. The molecular weight excluding hydrogens is 366 g/mol. The van der Waals surface area contributed by atoms with E-state index in [1.807, 2.05) is 0 Å². The number of rotatable bonds is 6. The Kier molecular flexibility index (Phi) is 6.95. The Bertz CT molecular complexity index is 654. The lowest BCUT2D eigenvalue weighted by atomic mass is 9.90. The Morgan fingerprint density at radius 2 is 1.89 bits per heavy atom. The van der Waals surface area contributed by atoms with Gasteiger partial charge in [0.05, 0.1) is 11.0 Å². The van der Waals surface area contributed by atoms with E-state index in [1.54, 1.807) is 19.1 Å². The molecule has 1 aromatic carbocycles. The molecule has 0 amide bonds. The Balaban J connectivity index is 1.53. The van der Waals surface area contributed by atoms with E-state index < -0.39 is 0 Å². The van der Waals surface area contributed by atoms with Gasteiger partial charge in [-0.1, -0.05) is 11.6 Å². The molecule has 0 atom stereocenters. The van der Waals surface area contributed by atoms with E-state index in [9.17, 15) is 10.1 Å². The van der Waals surface area contributed by atoms with Crippen LogP contribution in [0.3, 0.4) is 0 Å². The van der Waals surface area contributed by atoms with Gasteiger partial charge in [0.15, 0.2) is 0 Å². The third kappa shape index (κ3) is 5.12. The third-order valence-corrected chi connectivity index (χ3v) is 6.33. The minimum atomic E-state index is -0.336. The van der Waals surface area contributed by atoms with Crippen LogP contribution in [0.25, 0.3) is 0 Å². The van der Waals surface area contributed by atoms with E-state index in [4.69, 9.17) is 16.3 Å². The van der Waals surface area contributed by atoms with Gasteiger partial charge in [-0.2, -0.15) is 0 Å². The number of halogens is 1. The topological polar surface area (TPSA) is 67.6 Å². The second kappa shape index (κ2) is 9.22. The summed E-state index contributed by atoms with van der Waals surface area (Å²) in [6.07, 6.45) is 7.17. The van der Waals surface area contributed by atoms with Crippen LogP contribution < -0.4 is 5.32 Å². The molecule has 0 bridgehead atoms. The molecule has 1 aliphatic carbocycles. The third-order valence-electron chi connectivity index (χ3n) is 5.93. The fourth-order valence-corrected chi connectivity index (χ4v) is 4.54. The molecule has 1 N–H and O–H groups in total. The predicted molar refractivity (Wildman–Crippen MR) is 109 cm³/mol. The van der Waals surface area contributed by atoms with Gasteiger partial charge >= 0.3 is 0 Å². The van der Waals surface area contributed by atoms with Crippen molar-refractivity contribution >= 4 is 23.0 Å². The number of benzene rings is 1. The van der Waals surface area contributed by atoms with Crippen LogP contribution in [0, 0.1) is 17.0 Å². The highest BCUT2D eigenvalue weighted by Gasteiger charge is 2.30. The van der Waals surface area contributed by atoms with Crippen LogP contribution in [0.1, 0.15) is 51.0 Å². The molecule has 0 spiro atoms. The number of nitrogens with zero attached hydrogens (tertiary/aromatic N) is 2. The minimum absolute atomic E-state index is 0.105. The van der Waals surface area contributed by atoms with Crippen LogP contribution in [0.2, 0.25) is 5.02 Å². The lowest BCUT2D eigenvalue weighted by Gasteiger charge is -2.41. The zero-order valence-corrected chi connectivity index (χ0v) is 17.0. The average Bonchev–Trinajstić information content (AvgIpc) is 2.66. The molecule has 0 unspecified atom stereocenters. The molecule has 0 aromatic heterocycles. The second-order valence-corrected chi connectivity index (χ2v) is 8.12. The van der Waals surface area contributed by atoms with E-state index in [0.29, 0.717) is 22.9 Å². The Hall–Kier alpha value is -1.37. The molecule has 1 aromatic rings. The molecule has 1 saturated heterocycles. The van der Waals surface area contributed by atoms with Crippen molar-refractivity contribution < 1.29 is 9.66 Å². The van der Waals surface area contributed by atoms with Gasteiger partial charge in [-0.25, -0.2) is 0 Å². The minimum Gasteiger partial charge on any atom is -0.379 e. The van der Waals surface area contributed by atoms with Crippen LogP contribution in [0.4, 0.5) is 11.4 Å². The molecule has 0 radical (unpaired) electrons. The van der Waals surface area contributed by atoms with Gasteiger partial charge in [-0.3, -0.25) is 10.1 Å². The van der Waals surface area contributed by atoms with Crippen LogP contribution in [0.15, 0.2) is 12.1 Å². The van der Waals surface area contributed by atoms with E-state index in [-0.39, 0.29) is 16.7 Å². The largest absolute Gasteiger partial charge is 0.379 e. The number of likely N-dealkylation sites (tertiary alicyclic amines) is 1. The van der Waals surface area contributed by atoms with Crippen molar-refractivity contribution in [3.8, 4) is 0 Å². The highest BCUT2D eigenvalue weighted by Crippen LogP contribution is 2.33. The number of nitro benzene ring substituents is 1. The average molecular weight is 396 g/mol. The van der Waals surface area contributed by atoms with Gasteiger partial charge in [0.1, 0.15) is 5.69 Å². The SMILES string of the molecule is CCO[C@H]1CC[C@H](N2CCC(Nc3cc(Cl)c(C)cc3[N+](=O)[O-])CC2)CC1. The summed E-state index contributed by atoms with van der Waals surface area (Å²) < 4.78 is 5.76. The number of aryl methyl sites for hydroxylation is 1. The number of hydrogen-bond donors (Lipinski definition) is 1. The van der Waals surface area contributed by atoms with Gasteiger partial charge in [0.25, 0.3) is 5.69 Å². The Morgan fingerprint density at radius 1 is 1.22 bits per heavy atom. The summed E-state index contributed by atoms with van der Waals surface area (Å²) in [5.74, 6) is 0. The van der Waals surface area contributed by atoms with Crippen molar-refractivity contribution in [2.24, 2.45) is 0 Å². The lowest BCUT2D eigenvalue weighted by Crippen LogP contribution is -2.46. The van der Waals surface area contributed by atoms with Crippen molar-refractivity contribution in [1.82, 2.24) is 4.90 Å². The summed E-state index contributed by atoms with van der Waals surface area (Å²) in [6, 6.07) is 4.15.